The Bertz CT molecular complexity index is 542. The summed E-state index contributed by atoms with van der Waals surface area (Å²) in [6, 6.07) is 7.76. The van der Waals surface area contributed by atoms with E-state index in [4.69, 9.17) is 11.6 Å². The first-order chi connectivity index (χ1) is 10.0. The summed E-state index contributed by atoms with van der Waals surface area (Å²) in [5, 5.41) is 4.02. The summed E-state index contributed by atoms with van der Waals surface area (Å²) in [6.45, 7) is 1.18. The fourth-order valence-corrected chi connectivity index (χ4v) is 3.54. The predicted octanol–water partition coefficient (Wildman–Crippen LogP) is 2.25. The molecule has 2 fully saturated rings. The maximum atomic E-state index is 12.3. The fraction of sp³-hybridized carbons (Fsp3) is 0.562. The van der Waals surface area contributed by atoms with Crippen molar-refractivity contribution in [3.05, 3.63) is 34.9 Å². The molecule has 4 nitrogen and oxygen atoms in total. The van der Waals surface area contributed by atoms with Crippen molar-refractivity contribution in [3.63, 3.8) is 0 Å². The van der Waals surface area contributed by atoms with E-state index in [0.29, 0.717) is 11.6 Å². The fourth-order valence-electron chi connectivity index (χ4n) is 3.34. The third-order valence-corrected chi connectivity index (χ3v) is 5.18. The summed E-state index contributed by atoms with van der Waals surface area (Å²) in [4.78, 5) is 16.5. The third-order valence-electron chi connectivity index (χ3n) is 4.94. The molecule has 2 aliphatic rings. The zero-order valence-electron chi connectivity index (χ0n) is 12.6. The Morgan fingerprint density at radius 3 is 2.76 bits per heavy atom. The molecule has 1 aliphatic carbocycles. The zero-order chi connectivity index (χ0) is 15.0. The molecule has 1 heterocycles. The van der Waals surface area contributed by atoms with E-state index >= 15 is 0 Å². The van der Waals surface area contributed by atoms with Gasteiger partial charge >= 0.3 is 0 Å². The summed E-state index contributed by atoms with van der Waals surface area (Å²) in [5.41, 5.74) is 1.19. The number of halogens is 1. The van der Waals surface area contributed by atoms with Crippen LogP contribution >= 0.6 is 11.6 Å². The lowest BCUT2D eigenvalue weighted by Crippen LogP contribution is -2.58. The third kappa shape index (κ3) is 2.68. The SMILES string of the molecule is CN(C)C1(CN2C(=O)CNC2c2cccc(Cl)c2)CCC1. The molecule has 1 aromatic carbocycles. The molecule has 1 saturated heterocycles. The number of hydrogen-bond acceptors (Lipinski definition) is 3. The number of hydrogen-bond donors (Lipinski definition) is 1. The van der Waals surface area contributed by atoms with Crippen molar-refractivity contribution in [1.82, 2.24) is 15.1 Å². The smallest absolute Gasteiger partial charge is 0.238 e. The van der Waals surface area contributed by atoms with Crippen molar-refractivity contribution in [3.8, 4) is 0 Å². The van der Waals surface area contributed by atoms with Gasteiger partial charge in [-0.2, -0.15) is 0 Å². The standard InChI is InChI=1S/C16H22ClN3O/c1-19(2)16(7-4-8-16)11-20-14(21)10-18-15(20)12-5-3-6-13(17)9-12/h3,5-6,9,15,18H,4,7-8,10-11H2,1-2H3. The monoisotopic (exact) mass is 307 g/mol. The Balaban J connectivity index is 1.83. The van der Waals surface area contributed by atoms with Gasteiger partial charge in [0.2, 0.25) is 5.91 Å². The van der Waals surface area contributed by atoms with Crippen molar-refractivity contribution in [2.45, 2.75) is 31.0 Å². The lowest BCUT2D eigenvalue weighted by atomic mass is 9.75. The molecule has 1 saturated carbocycles. The van der Waals surface area contributed by atoms with Gasteiger partial charge in [0.25, 0.3) is 0 Å². The lowest BCUT2D eigenvalue weighted by Gasteiger charge is -2.50. The number of likely N-dealkylation sites (N-methyl/N-ethyl adjacent to an activating group) is 1. The van der Waals surface area contributed by atoms with Crippen LogP contribution in [-0.2, 0) is 4.79 Å². The van der Waals surface area contributed by atoms with Crippen LogP contribution in [0.15, 0.2) is 24.3 Å². The number of nitrogens with zero attached hydrogens (tertiary/aromatic N) is 2. The van der Waals surface area contributed by atoms with Crippen LogP contribution in [0.4, 0.5) is 0 Å². The minimum atomic E-state index is -0.0615. The van der Waals surface area contributed by atoms with E-state index in [1.165, 1.54) is 6.42 Å². The highest BCUT2D eigenvalue weighted by Crippen LogP contribution is 2.39. The van der Waals surface area contributed by atoms with E-state index < -0.39 is 0 Å². The van der Waals surface area contributed by atoms with Crippen LogP contribution in [0.5, 0.6) is 0 Å². The van der Waals surface area contributed by atoms with Crippen LogP contribution in [0.1, 0.15) is 31.0 Å². The Kier molecular flexibility index (Phi) is 3.95. The average Bonchev–Trinajstić information content (AvgIpc) is 2.74. The first-order valence-corrected chi connectivity index (χ1v) is 7.85. The number of carbonyl (C=O) groups excluding carboxylic acids is 1. The van der Waals surface area contributed by atoms with Gasteiger partial charge in [-0.15, -0.1) is 0 Å². The summed E-state index contributed by atoms with van der Waals surface area (Å²) < 4.78 is 0. The van der Waals surface area contributed by atoms with Gasteiger partial charge in [-0.3, -0.25) is 10.1 Å². The van der Waals surface area contributed by atoms with Crippen molar-refractivity contribution < 1.29 is 4.79 Å². The first kappa shape index (κ1) is 14.8. The lowest BCUT2D eigenvalue weighted by molar-refractivity contribution is -0.131. The molecule has 114 valence electrons. The Morgan fingerprint density at radius 2 is 2.19 bits per heavy atom. The zero-order valence-corrected chi connectivity index (χ0v) is 13.4. The van der Waals surface area contributed by atoms with Crippen LogP contribution in [0.3, 0.4) is 0 Å². The van der Waals surface area contributed by atoms with Crippen molar-refractivity contribution >= 4 is 17.5 Å². The van der Waals surface area contributed by atoms with Crippen LogP contribution in [0.2, 0.25) is 5.02 Å². The van der Waals surface area contributed by atoms with E-state index in [0.717, 1.165) is 24.9 Å². The Morgan fingerprint density at radius 1 is 1.43 bits per heavy atom. The summed E-state index contributed by atoms with van der Waals surface area (Å²) in [5.74, 6) is 0.174. The molecule has 5 heteroatoms. The number of nitrogens with one attached hydrogen (secondary N) is 1. The average molecular weight is 308 g/mol. The molecule has 0 bridgehead atoms. The molecule has 21 heavy (non-hydrogen) atoms. The van der Waals surface area contributed by atoms with Gasteiger partial charge in [0.05, 0.1) is 6.54 Å². The van der Waals surface area contributed by atoms with Gasteiger partial charge in [-0.1, -0.05) is 23.7 Å². The van der Waals surface area contributed by atoms with Crippen LogP contribution < -0.4 is 5.32 Å². The highest BCUT2D eigenvalue weighted by Gasteiger charge is 2.44. The molecule has 0 radical (unpaired) electrons. The Hall–Kier alpha value is -1.10. The maximum absolute atomic E-state index is 12.3. The van der Waals surface area contributed by atoms with Gasteiger partial charge in [0, 0.05) is 17.1 Å². The van der Waals surface area contributed by atoms with E-state index in [9.17, 15) is 4.79 Å². The predicted molar refractivity (Wildman–Crippen MR) is 84.2 cm³/mol. The topological polar surface area (TPSA) is 35.6 Å². The largest absolute Gasteiger partial charge is 0.320 e. The molecular weight excluding hydrogens is 286 g/mol. The van der Waals surface area contributed by atoms with Gasteiger partial charge < -0.3 is 9.80 Å². The molecular formula is C16H22ClN3O. The molecule has 3 rings (SSSR count). The highest BCUT2D eigenvalue weighted by atomic mass is 35.5. The van der Waals surface area contributed by atoms with Gasteiger partial charge in [0.1, 0.15) is 6.17 Å². The van der Waals surface area contributed by atoms with E-state index in [1.54, 1.807) is 0 Å². The summed E-state index contributed by atoms with van der Waals surface area (Å²) in [7, 11) is 4.23. The number of carbonyl (C=O) groups is 1. The highest BCUT2D eigenvalue weighted by molar-refractivity contribution is 6.30. The molecule has 1 aliphatic heterocycles. The number of benzene rings is 1. The molecule has 1 unspecified atom stereocenters. The van der Waals surface area contributed by atoms with Gasteiger partial charge in [-0.25, -0.2) is 0 Å². The normalized spacial score (nSPS) is 24.5. The quantitative estimate of drug-likeness (QED) is 0.927. The van der Waals surface area contributed by atoms with E-state index in [1.807, 2.05) is 29.2 Å². The molecule has 0 spiro atoms. The second-order valence-corrected chi connectivity index (χ2v) is 6.77. The van der Waals surface area contributed by atoms with Crippen molar-refractivity contribution in [1.29, 1.82) is 0 Å². The summed E-state index contributed by atoms with van der Waals surface area (Å²) in [6.07, 6.45) is 3.50. The molecule has 1 aromatic rings. The first-order valence-electron chi connectivity index (χ1n) is 7.48. The van der Waals surface area contributed by atoms with Crippen LogP contribution in [0, 0.1) is 0 Å². The second kappa shape index (κ2) is 5.59. The molecule has 1 N–H and O–H groups in total. The van der Waals surface area contributed by atoms with Crippen molar-refractivity contribution in [2.75, 3.05) is 27.2 Å². The van der Waals surface area contributed by atoms with Crippen LogP contribution in [0.25, 0.3) is 0 Å². The molecule has 1 atom stereocenters. The minimum absolute atomic E-state index is 0.0615. The van der Waals surface area contributed by atoms with E-state index in [2.05, 4.69) is 24.3 Å². The minimum Gasteiger partial charge on any atom is -0.320 e. The number of rotatable bonds is 4. The number of amides is 1. The second-order valence-electron chi connectivity index (χ2n) is 6.33. The van der Waals surface area contributed by atoms with Gasteiger partial charge in [0.15, 0.2) is 0 Å². The van der Waals surface area contributed by atoms with E-state index in [-0.39, 0.29) is 17.6 Å². The van der Waals surface area contributed by atoms with Crippen molar-refractivity contribution in [2.24, 2.45) is 0 Å². The molecule has 0 aromatic heterocycles. The Labute approximate surface area is 131 Å². The maximum Gasteiger partial charge on any atom is 0.238 e. The molecule has 1 amide bonds. The summed E-state index contributed by atoms with van der Waals surface area (Å²) >= 11 is 6.09. The van der Waals surface area contributed by atoms with Crippen LogP contribution in [-0.4, -0.2) is 48.4 Å². The van der Waals surface area contributed by atoms with Gasteiger partial charge in [-0.05, 0) is 51.1 Å².